The number of fused-ring (bicyclic) bond motifs is 10. The first-order chi connectivity index (χ1) is 23.7. The van der Waals surface area contributed by atoms with Gasteiger partial charge in [-0.15, -0.1) is 23.1 Å². The van der Waals surface area contributed by atoms with Gasteiger partial charge in [-0.05, 0) is 83.0 Å². The Morgan fingerprint density at radius 1 is 0.812 bits per heavy atom. The molecule has 0 radical (unpaired) electrons. The van der Waals surface area contributed by atoms with Crippen LogP contribution in [0.2, 0.25) is 0 Å². The molecule has 0 saturated heterocycles. The molecule has 5 aromatic rings. The normalized spacial score (nSPS) is 27.0. The minimum atomic E-state index is 0.00558. The molecule has 0 saturated carbocycles. The highest BCUT2D eigenvalue weighted by molar-refractivity contribution is 8.00. The van der Waals surface area contributed by atoms with Crippen molar-refractivity contribution in [3.63, 3.8) is 0 Å². The minimum Gasteiger partial charge on any atom is -0.332 e. The van der Waals surface area contributed by atoms with E-state index in [-0.39, 0.29) is 17.9 Å². The number of rotatable bonds is 3. The van der Waals surface area contributed by atoms with Crippen LogP contribution in [0.3, 0.4) is 0 Å². The number of hydrogen-bond donors (Lipinski definition) is 0. The number of nitriles is 1. The Labute approximate surface area is 289 Å². The second-order valence-electron chi connectivity index (χ2n) is 13.8. The summed E-state index contributed by atoms with van der Waals surface area (Å²) in [7, 11) is 0. The van der Waals surface area contributed by atoms with Gasteiger partial charge in [0, 0.05) is 53.0 Å². The van der Waals surface area contributed by atoms with Crippen LogP contribution < -0.4 is 0 Å². The predicted octanol–water partition coefficient (Wildman–Crippen LogP) is 11.6. The maximum Gasteiger partial charge on any atom is 0.0995 e. The summed E-state index contributed by atoms with van der Waals surface area (Å²) in [6, 6.07) is 24.9. The van der Waals surface area contributed by atoms with Crippen molar-refractivity contribution in [2.75, 3.05) is 0 Å². The molecule has 6 unspecified atom stereocenters. The van der Waals surface area contributed by atoms with Crippen molar-refractivity contribution < 1.29 is 0 Å². The molecule has 232 valence electrons. The summed E-state index contributed by atoms with van der Waals surface area (Å²) in [6.45, 7) is 2.30. The zero-order valence-corrected chi connectivity index (χ0v) is 28.3. The zero-order chi connectivity index (χ0) is 31.9. The summed E-state index contributed by atoms with van der Waals surface area (Å²) in [5.74, 6) is 1.62. The van der Waals surface area contributed by atoms with Crippen LogP contribution in [0.25, 0.3) is 38.0 Å². The minimum absolute atomic E-state index is 0.00558. The zero-order valence-electron chi connectivity index (χ0n) is 26.7. The third-order valence-corrected chi connectivity index (χ3v) is 13.8. The van der Waals surface area contributed by atoms with Gasteiger partial charge in [-0.1, -0.05) is 104 Å². The van der Waals surface area contributed by atoms with Gasteiger partial charge < -0.3 is 4.57 Å². The van der Waals surface area contributed by atoms with Gasteiger partial charge >= 0.3 is 0 Å². The third kappa shape index (κ3) is 4.17. The number of para-hydroxylation sites is 2. The molecular weight excluding hydrogens is 621 g/mol. The van der Waals surface area contributed by atoms with E-state index in [2.05, 4.69) is 145 Å². The number of allylic oxidation sites excluding steroid dienone is 12. The molecule has 0 bridgehead atoms. The largest absolute Gasteiger partial charge is 0.332 e. The fraction of sp³-hybridized carbons (Fsp3) is 0.205. The molecule has 0 spiro atoms. The SMILES string of the molecule is CC1C=CC(C#N)=C(C2=CC3c4c(ccc5c6c(sc45)C=CC(C4C=CC=CC4)C6)SC3C=C2)C1n1c2ccccc2c2ccccc21. The van der Waals surface area contributed by atoms with E-state index >= 15 is 0 Å². The lowest BCUT2D eigenvalue weighted by molar-refractivity contribution is 0.473. The Morgan fingerprint density at radius 3 is 2.40 bits per heavy atom. The lowest BCUT2D eigenvalue weighted by atomic mass is 9.77. The van der Waals surface area contributed by atoms with Crippen LogP contribution in [-0.2, 0) is 6.42 Å². The van der Waals surface area contributed by atoms with E-state index in [1.807, 2.05) is 23.1 Å². The number of aromatic nitrogens is 1. The van der Waals surface area contributed by atoms with Crippen molar-refractivity contribution in [1.82, 2.24) is 4.57 Å². The van der Waals surface area contributed by atoms with Crippen molar-refractivity contribution in [3.05, 3.63) is 154 Å². The van der Waals surface area contributed by atoms with Gasteiger partial charge in [-0.3, -0.25) is 0 Å². The molecule has 0 N–H and O–H groups in total. The average molecular weight is 655 g/mol. The number of nitrogens with zero attached hydrogens (tertiary/aromatic N) is 2. The van der Waals surface area contributed by atoms with Crippen LogP contribution in [0.5, 0.6) is 0 Å². The highest BCUT2D eigenvalue weighted by Gasteiger charge is 2.38. The van der Waals surface area contributed by atoms with E-state index in [0.717, 1.165) is 24.0 Å². The van der Waals surface area contributed by atoms with Crippen LogP contribution in [0.1, 0.15) is 41.3 Å². The number of benzene rings is 3. The van der Waals surface area contributed by atoms with Gasteiger partial charge in [-0.2, -0.15) is 5.26 Å². The molecule has 2 nitrogen and oxygen atoms in total. The lowest BCUT2D eigenvalue weighted by Gasteiger charge is -2.33. The smallest absolute Gasteiger partial charge is 0.0995 e. The van der Waals surface area contributed by atoms with Crippen LogP contribution in [0.15, 0.2) is 143 Å². The van der Waals surface area contributed by atoms with E-state index < -0.39 is 0 Å². The fourth-order valence-corrected chi connectivity index (χ4v) is 11.7. The second-order valence-corrected chi connectivity index (χ2v) is 16.1. The molecule has 5 aliphatic rings. The monoisotopic (exact) mass is 654 g/mol. The van der Waals surface area contributed by atoms with Crippen molar-refractivity contribution in [2.24, 2.45) is 17.8 Å². The molecule has 3 aromatic carbocycles. The van der Waals surface area contributed by atoms with Gasteiger partial charge in [-0.25, -0.2) is 0 Å². The third-order valence-electron chi connectivity index (χ3n) is 11.2. The van der Waals surface area contributed by atoms with Gasteiger partial charge in [0.25, 0.3) is 0 Å². The highest BCUT2D eigenvalue weighted by Crippen LogP contribution is 2.55. The number of hydrogen-bond acceptors (Lipinski definition) is 3. The molecule has 4 heteroatoms. The van der Waals surface area contributed by atoms with Crippen LogP contribution >= 0.6 is 23.1 Å². The standard InChI is InChI=1S/C44H34N2S2/c1-26-15-16-30(25-45)41(43(26)46-36-13-7-5-11-31(36)32-12-6-8-14-37(32)46)29-18-21-39-35(24-29)42-40(47-39)22-19-33-34-23-28(27-9-3-2-4-10-27)17-20-38(34)48-44(33)42/h2-9,11-22,24,26-28,35,39,43H,10,23H2,1H3. The van der Waals surface area contributed by atoms with Crippen molar-refractivity contribution in [3.8, 4) is 6.07 Å². The first kappa shape index (κ1) is 28.5. The summed E-state index contributed by atoms with van der Waals surface area (Å²) in [6.07, 6.45) is 27.7. The number of thioether (sulfide) groups is 1. The fourth-order valence-electron chi connectivity index (χ4n) is 8.98. The van der Waals surface area contributed by atoms with E-state index in [1.54, 1.807) is 0 Å². The van der Waals surface area contributed by atoms with E-state index in [1.165, 1.54) is 58.4 Å². The van der Waals surface area contributed by atoms with Crippen LogP contribution in [-0.4, -0.2) is 9.82 Å². The molecule has 6 atom stereocenters. The van der Waals surface area contributed by atoms with Crippen molar-refractivity contribution in [2.45, 2.75) is 41.9 Å². The highest BCUT2D eigenvalue weighted by atomic mass is 32.2. The molecule has 4 aliphatic carbocycles. The predicted molar refractivity (Wildman–Crippen MR) is 203 cm³/mol. The Balaban J connectivity index is 1.10. The van der Waals surface area contributed by atoms with Crippen LogP contribution in [0.4, 0.5) is 0 Å². The van der Waals surface area contributed by atoms with Gasteiger partial charge in [0.1, 0.15) is 0 Å². The second kappa shape index (κ2) is 11.0. The van der Waals surface area contributed by atoms with Gasteiger partial charge in [0.15, 0.2) is 0 Å². The molecule has 0 amide bonds. The molecule has 10 rings (SSSR count). The molecule has 3 heterocycles. The number of thiophene rings is 1. The quantitative estimate of drug-likeness (QED) is 0.194. The molecule has 0 fully saturated rings. The maximum atomic E-state index is 10.6. The molecule has 48 heavy (non-hydrogen) atoms. The Hall–Kier alpha value is -4.56. The van der Waals surface area contributed by atoms with Gasteiger partial charge in [0.2, 0.25) is 0 Å². The van der Waals surface area contributed by atoms with Crippen molar-refractivity contribution >= 4 is 61.1 Å². The summed E-state index contributed by atoms with van der Waals surface area (Å²) >= 11 is 3.99. The molecule has 1 aliphatic heterocycles. The Bertz CT molecular complexity index is 2390. The summed E-state index contributed by atoms with van der Waals surface area (Å²) in [5, 5.41) is 14.9. The van der Waals surface area contributed by atoms with E-state index in [9.17, 15) is 5.26 Å². The van der Waals surface area contributed by atoms with E-state index in [4.69, 9.17) is 0 Å². The first-order valence-corrected chi connectivity index (χ1v) is 18.8. The first-order valence-electron chi connectivity index (χ1n) is 17.1. The van der Waals surface area contributed by atoms with Gasteiger partial charge in [0.05, 0.1) is 17.7 Å². The topological polar surface area (TPSA) is 28.7 Å². The Kier molecular flexibility index (Phi) is 6.51. The molecular formula is C44H34N2S2. The summed E-state index contributed by atoms with van der Waals surface area (Å²) in [5.41, 5.74) is 8.57. The maximum absolute atomic E-state index is 10.6. The summed E-state index contributed by atoms with van der Waals surface area (Å²) in [4.78, 5) is 2.84. The van der Waals surface area contributed by atoms with Crippen LogP contribution in [0, 0.1) is 29.1 Å². The van der Waals surface area contributed by atoms with Crippen molar-refractivity contribution in [1.29, 1.82) is 5.26 Å². The Morgan fingerprint density at radius 2 is 1.62 bits per heavy atom. The lowest BCUT2D eigenvalue weighted by Crippen LogP contribution is -2.24. The molecule has 2 aromatic heterocycles. The van der Waals surface area contributed by atoms with E-state index in [0.29, 0.717) is 17.1 Å². The summed E-state index contributed by atoms with van der Waals surface area (Å²) < 4.78 is 3.97. The average Bonchev–Trinajstić information content (AvgIpc) is 3.80.